The highest BCUT2D eigenvalue weighted by Gasteiger charge is 2.27. The van der Waals surface area contributed by atoms with Gasteiger partial charge in [0.05, 0.1) is 0 Å². The van der Waals surface area contributed by atoms with Crippen LogP contribution in [0.5, 0.6) is 0 Å². The SMILES string of the molecule is Cc1sc(NC(=O)C(C)(C)C)c(C(=O)O)c1-c1ccccc1. The topological polar surface area (TPSA) is 66.4 Å². The molecule has 0 radical (unpaired) electrons. The molecule has 0 saturated carbocycles. The third-order valence-corrected chi connectivity index (χ3v) is 4.29. The molecule has 1 heterocycles. The summed E-state index contributed by atoms with van der Waals surface area (Å²) in [5.74, 6) is -1.23. The van der Waals surface area contributed by atoms with Crippen LogP contribution in [0, 0.1) is 12.3 Å². The standard InChI is InChI=1S/C17H19NO3S/c1-10-12(11-8-6-5-7-9-11)13(15(19)20)14(22-10)18-16(21)17(2,3)4/h5-9H,1-4H3,(H,18,21)(H,19,20). The molecule has 1 amide bonds. The molecular formula is C17H19NO3S. The molecule has 4 nitrogen and oxygen atoms in total. The number of amides is 1. The van der Waals surface area contributed by atoms with Gasteiger partial charge in [0.2, 0.25) is 5.91 Å². The fourth-order valence-corrected chi connectivity index (χ4v) is 3.14. The van der Waals surface area contributed by atoms with Crippen LogP contribution in [0.25, 0.3) is 11.1 Å². The highest BCUT2D eigenvalue weighted by molar-refractivity contribution is 7.17. The first-order chi connectivity index (χ1) is 10.2. The van der Waals surface area contributed by atoms with Gasteiger partial charge in [0.1, 0.15) is 10.6 Å². The van der Waals surface area contributed by atoms with E-state index in [0.29, 0.717) is 10.6 Å². The first-order valence-electron chi connectivity index (χ1n) is 6.95. The largest absolute Gasteiger partial charge is 0.478 e. The van der Waals surface area contributed by atoms with Gasteiger partial charge >= 0.3 is 5.97 Å². The van der Waals surface area contributed by atoms with Crippen molar-refractivity contribution in [2.75, 3.05) is 5.32 Å². The highest BCUT2D eigenvalue weighted by Crippen LogP contribution is 2.40. The van der Waals surface area contributed by atoms with E-state index in [2.05, 4.69) is 5.32 Å². The smallest absolute Gasteiger partial charge is 0.339 e. The van der Waals surface area contributed by atoms with Crippen LogP contribution < -0.4 is 5.32 Å². The maximum absolute atomic E-state index is 12.2. The molecule has 0 aliphatic heterocycles. The van der Waals surface area contributed by atoms with Crippen molar-refractivity contribution in [2.45, 2.75) is 27.7 Å². The van der Waals surface area contributed by atoms with Gasteiger partial charge in [-0.05, 0) is 12.5 Å². The van der Waals surface area contributed by atoms with Gasteiger partial charge in [0.15, 0.2) is 0 Å². The first-order valence-corrected chi connectivity index (χ1v) is 7.77. The lowest BCUT2D eigenvalue weighted by Crippen LogP contribution is -2.27. The van der Waals surface area contributed by atoms with Gasteiger partial charge in [-0.2, -0.15) is 0 Å². The predicted molar refractivity (Wildman–Crippen MR) is 89.5 cm³/mol. The molecule has 1 aromatic carbocycles. The summed E-state index contributed by atoms with van der Waals surface area (Å²) >= 11 is 1.30. The Hall–Kier alpha value is -2.14. The van der Waals surface area contributed by atoms with Crippen molar-refractivity contribution in [3.8, 4) is 11.1 Å². The number of carboxylic acid groups (broad SMARTS) is 1. The van der Waals surface area contributed by atoms with Crippen LogP contribution in [0.3, 0.4) is 0 Å². The van der Waals surface area contributed by atoms with E-state index in [-0.39, 0.29) is 11.5 Å². The summed E-state index contributed by atoms with van der Waals surface area (Å²) in [5, 5.41) is 12.7. The number of carbonyl (C=O) groups excluding carboxylic acids is 1. The quantitative estimate of drug-likeness (QED) is 0.881. The van der Waals surface area contributed by atoms with Crippen LogP contribution in [0.15, 0.2) is 30.3 Å². The van der Waals surface area contributed by atoms with Crippen molar-refractivity contribution in [3.05, 3.63) is 40.8 Å². The maximum Gasteiger partial charge on any atom is 0.339 e. The number of nitrogens with one attached hydrogen (secondary N) is 1. The van der Waals surface area contributed by atoms with E-state index in [1.165, 1.54) is 11.3 Å². The van der Waals surface area contributed by atoms with Crippen LogP contribution in [-0.2, 0) is 4.79 Å². The average Bonchev–Trinajstić information content (AvgIpc) is 2.75. The summed E-state index contributed by atoms with van der Waals surface area (Å²) in [7, 11) is 0. The van der Waals surface area contributed by atoms with Crippen molar-refractivity contribution in [1.82, 2.24) is 0 Å². The Morgan fingerprint density at radius 2 is 1.73 bits per heavy atom. The molecule has 0 aliphatic rings. The minimum absolute atomic E-state index is 0.159. The van der Waals surface area contributed by atoms with E-state index in [1.807, 2.05) is 37.3 Å². The molecule has 0 unspecified atom stereocenters. The van der Waals surface area contributed by atoms with Gasteiger partial charge in [-0.15, -0.1) is 11.3 Å². The van der Waals surface area contributed by atoms with Crippen LogP contribution >= 0.6 is 11.3 Å². The zero-order valence-electron chi connectivity index (χ0n) is 13.1. The summed E-state index contributed by atoms with van der Waals surface area (Å²) in [6, 6.07) is 9.36. The third kappa shape index (κ3) is 3.20. The average molecular weight is 317 g/mol. The van der Waals surface area contributed by atoms with Crippen molar-refractivity contribution in [3.63, 3.8) is 0 Å². The molecule has 2 N–H and O–H groups in total. The monoisotopic (exact) mass is 317 g/mol. The molecular weight excluding hydrogens is 298 g/mol. The van der Waals surface area contributed by atoms with E-state index in [1.54, 1.807) is 20.8 Å². The lowest BCUT2D eigenvalue weighted by Gasteiger charge is -2.17. The number of benzene rings is 1. The summed E-state index contributed by atoms with van der Waals surface area (Å²) < 4.78 is 0. The first kappa shape index (κ1) is 16.2. The second kappa shape index (κ2) is 5.93. The fraction of sp³-hybridized carbons (Fsp3) is 0.294. The molecule has 1 aromatic heterocycles. The van der Waals surface area contributed by atoms with Gasteiger partial charge in [0.25, 0.3) is 0 Å². The van der Waals surface area contributed by atoms with E-state index in [4.69, 9.17) is 0 Å². The van der Waals surface area contributed by atoms with Gasteiger partial charge in [-0.25, -0.2) is 4.79 Å². The number of carboxylic acids is 1. The van der Waals surface area contributed by atoms with Crippen LogP contribution in [0.2, 0.25) is 0 Å². The molecule has 5 heteroatoms. The molecule has 0 fully saturated rings. The van der Waals surface area contributed by atoms with Gasteiger partial charge < -0.3 is 10.4 Å². The van der Waals surface area contributed by atoms with Gasteiger partial charge in [-0.3, -0.25) is 4.79 Å². The number of aryl methyl sites for hydroxylation is 1. The van der Waals surface area contributed by atoms with E-state index < -0.39 is 11.4 Å². The number of aromatic carboxylic acids is 1. The van der Waals surface area contributed by atoms with Crippen molar-refractivity contribution >= 4 is 28.2 Å². The minimum atomic E-state index is -1.03. The molecule has 2 rings (SSSR count). The number of anilines is 1. The zero-order valence-corrected chi connectivity index (χ0v) is 13.9. The molecule has 0 aliphatic carbocycles. The Bertz CT molecular complexity index is 711. The van der Waals surface area contributed by atoms with E-state index >= 15 is 0 Å². The van der Waals surface area contributed by atoms with E-state index in [0.717, 1.165) is 10.4 Å². The lowest BCUT2D eigenvalue weighted by molar-refractivity contribution is -0.123. The maximum atomic E-state index is 12.2. The molecule has 2 aromatic rings. The molecule has 22 heavy (non-hydrogen) atoms. The van der Waals surface area contributed by atoms with E-state index in [9.17, 15) is 14.7 Å². The van der Waals surface area contributed by atoms with Crippen LogP contribution in [0.1, 0.15) is 36.0 Å². The zero-order chi connectivity index (χ0) is 16.5. The molecule has 116 valence electrons. The fourth-order valence-electron chi connectivity index (χ4n) is 2.08. The Kier molecular flexibility index (Phi) is 4.37. The summed E-state index contributed by atoms with van der Waals surface area (Å²) in [6.07, 6.45) is 0. The van der Waals surface area contributed by atoms with Crippen LogP contribution in [0.4, 0.5) is 5.00 Å². The van der Waals surface area contributed by atoms with Crippen molar-refractivity contribution < 1.29 is 14.7 Å². The van der Waals surface area contributed by atoms with Gasteiger partial charge in [-0.1, -0.05) is 51.1 Å². The normalized spacial score (nSPS) is 11.3. The molecule has 0 bridgehead atoms. The number of thiophene rings is 1. The Balaban J connectivity index is 2.54. The third-order valence-electron chi connectivity index (χ3n) is 3.27. The second-order valence-corrected chi connectivity index (χ2v) is 7.34. The summed E-state index contributed by atoms with van der Waals surface area (Å²) in [4.78, 5) is 24.8. The number of rotatable bonds is 3. The van der Waals surface area contributed by atoms with Crippen molar-refractivity contribution in [1.29, 1.82) is 0 Å². The Morgan fingerprint density at radius 3 is 2.23 bits per heavy atom. The number of carbonyl (C=O) groups is 2. The van der Waals surface area contributed by atoms with Crippen molar-refractivity contribution in [2.24, 2.45) is 5.41 Å². The lowest BCUT2D eigenvalue weighted by atomic mass is 9.95. The minimum Gasteiger partial charge on any atom is -0.478 e. The summed E-state index contributed by atoms with van der Waals surface area (Å²) in [5.41, 5.74) is 1.08. The molecule has 0 saturated heterocycles. The van der Waals surface area contributed by atoms with Crippen LogP contribution in [-0.4, -0.2) is 17.0 Å². The molecule has 0 atom stereocenters. The second-order valence-electron chi connectivity index (χ2n) is 6.11. The van der Waals surface area contributed by atoms with Gasteiger partial charge in [0, 0.05) is 15.9 Å². The Morgan fingerprint density at radius 1 is 1.14 bits per heavy atom. The molecule has 0 spiro atoms. The number of hydrogen-bond acceptors (Lipinski definition) is 3. The Labute approximate surface area is 133 Å². The summed E-state index contributed by atoms with van der Waals surface area (Å²) in [6.45, 7) is 7.25. The predicted octanol–water partition coefficient (Wildman–Crippen LogP) is 4.41. The number of hydrogen-bond donors (Lipinski definition) is 2. The highest BCUT2D eigenvalue weighted by atomic mass is 32.1.